The minimum Gasteiger partial charge on any atom is -0.444 e. The fraction of sp³-hybridized carbons (Fsp3) is 0.400. The second kappa shape index (κ2) is 8.99. The number of hydrogen-bond acceptors (Lipinski definition) is 6. The van der Waals surface area contributed by atoms with Gasteiger partial charge in [0.1, 0.15) is 17.5 Å². The van der Waals surface area contributed by atoms with Crippen molar-refractivity contribution in [3.63, 3.8) is 0 Å². The van der Waals surface area contributed by atoms with Crippen molar-refractivity contribution in [1.29, 1.82) is 5.26 Å². The summed E-state index contributed by atoms with van der Waals surface area (Å²) >= 11 is 0. The van der Waals surface area contributed by atoms with E-state index >= 15 is 0 Å². The van der Waals surface area contributed by atoms with Crippen LogP contribution in [0, 0.1) is 11.3 Å². The Balaban J connectivity index is 2.10. The van der Waals surface area contributed by atoms with Crippen LogP contribution in [0.2, 0.25) is 0 Å². The van der Waals surface area contributed by atoms with Crippen LogP contribution in [0.15, 0.2) is 42.5 Å². The van der Waals surface area contributed by atoms with Gasteiger partial charge in [0.25, 0.3) is 0 Å². The standard InChI is InChI=1S/C20H25N5O2/c1-20(2,3)27-19(26)25(4)17(12-15-8-6-5-7-9-15)14-22-18-11-10-16(13-21)23-24-18/h5-11,17H,12,14H2,1-4H3,(H,22,24)/t17-/m0/s1. The number of nitriles is 1. The Hall–Kier alpha value is -3.14. The maximum absolute atomic E-state index is 12.5. The number of carbonyl (C=O) groups excluding carboxylic acids is 1. The third-order valence-electron chi connectivity index (χ3n) is 3.84. The molecule has 1 aromatic heterocycles. The largest absolute Gasteiger partial charge is 0.444 e. The summed E-state index contributed by atoms with van der Waals surface area (Å²) in [4.78, 5) is 14.1. The molecule has 0 aliphatic heterocycles. The molecular weight excluding hydrogens is 342 g/mol. The minimum absolute atomic E-state index is 0.153. The molecule has 0 radical (unpaired) electrons. The molecule has 0 saturated heterocycles. The monoisotopic (exact) mass is 367 g/mol. The first-order valence-electron chi connectivity index (χ1n) is 8.76. The van der Waals surface area contributed by atoms with E-state index in [1.165, 1.54) is 0 Å². The van der Waals surface area contributed by atoms with Crippen molar-refractivity contribution in [2.75, 3.05) is 18.9 Å². The number of aromatic nitrogens is 2. The Bertz CT molecular complexity index is 779. The third-order valence-corrected chi connectivity index (χ3v) is 3.84. The zero-order valence-electron chi connectivity index (χ0n) is 16.1. The predicted octanol–water partition coefficient (Wildman–Crippen LogP) is 3.24. The average molecular weight is 367 g/mol. The Morgan fingerprint density at radius 1 is 1.22 bits per heavy atom. The minimum atomic E-state index is -0.561. The maximum Gasteiger partial charge on any atom is 0.410 e. The van der Waals surface area contributed by atoms with E-state index in [-0.39, 0.29) is 17.8 Å². The van der Waals surface area contributed by atoms with Gasteiger partial charge in [0.05, 0.1) is 6.04 Å². The molecule has 142 valence electrons. The van der Waals surface area contributed by atoms with Gasteiger partial charge in [-0.05, 0) is 44.9 Å². The highest BCUT2D eigenvalue weighted by molar-refractivity contribution is 5.68. The number of amides is 1. The molecule has 0 aliphatic rings. The number of nitrogens with zero attached hydrogens (tertiary/aromatic N) is 4. The Kier molecular flexibility index (Phi) is 6.72. The average Bonchev–Trinajstić information content (AvgIpc) is 2.64. The van der Waals surface area contributed by atoms with Crippen molar-refractivity contribution in [2.24, 2.45) is 0 Å². The van der Waals surface area contributed by atoms with E-state index in [1.807, 2.05) is 57.2 Å². The third kappa shape index (κ3) is 6.59. The summed E-state index contributed by atoms with van der Waals surface area (Å²) in [6.45, 7) is 5.99. The fourth-order valence-corrected chi connectivity index (χ4v) is 2.42. The molecule has 0 unspecified atom stereocenters. The lowest BCUT2D eigenvalue weighted by Gasteiger charge is -2.31. The highest BCUT2D eigenvalue weighted by Crippen LogP contribution is 2.14. The number of nitrogens with one attached hydrogen (secondary N) is 1. The van der Waals surface area contributed by atoms with Gasteiger partial charge in [-0.1, -0.05) is 30.3 Å². The Morgan fingerprint density at radius 2 is 1.93 bits per heavy atom. The van der Waals surface area contributed by atoms with E-state index in [0.29, 0.717) is 18.8 Å². The van der Waals surface area contributed by atoms with Crippen molar-refractivity contribution < 1.29 is 9.53 Å². The quantitative estimate of drug-likeness (QED) is 0.843. The van der Waals surface area contributed by atoms with Crippen LogP contribution in [0.4, 0.5) is 10.6 Å². The molecule has 0 spiro atoms. The molecule has 2 aromatic rings. The molecule has 0 aliphatic carbocycles. The van der Waals surface area contributed by atoms with Gasteiger partial charge in [0.15, 0.2) is 5.69 Å². The molecule has 2 rings (SSSR count). The van der Waals surface area contributed by atoms with Crippen LogP contribution >= 0.6 is 0 Å². The van der Waals surface area contributed by atoms with E-state index in [0.717, 1.165) is 5.56 Å². The van der Waals surface area contributed by atoms with Gasteiger partial charge >= 0.3 is 6.09 Å². The molecular formula is C20H25N5O2. The number of benzene rings is 1. The van der Waals surface area contributed by atoms with Crippen LogP contribution in [-0.2, 0) is 11.2 Å². The smallest absolute Gasteiger partial charge is 0.410 e. The normalized spacial score (nSPS) is 12.0. The molecule has 1 N–H and O–H groups in total. The van der Waals surface area contributed by atoms with Gasteiger partial charge in [-0.25, -0.2) is 4.79 Å². The van der Waals surface area contributed by atoms with Crippen LogP contribution in [0.1, 0.15) is 32.0 Å². The number of anilines is 1. The predicted molar refractivity (Wildman–Crippen MR) is 103 cm³/mol. The number of carbonyl (C=O) groups is 1. The molecule has 0 fully saturated rings. The zero-order valence-corrected chi connectivity index (χ0v) is 16.1. The summed E-state index contributed by atoms with van der Waals surface area (Å²) in [7, 11) is 1.73. The summed E-state index contributed by atoms with van der Waals surface area (Å²) in [5.41, 5.74) is 0.812. The second-order valence-corrected chi connectivity index (χ2v) is 7.23. The van der Waals surface area contributed by atoms with Crippen molar-refractivity contribution in [3.05, 3.63) is 53.7 Å². The molecule has 1 amide bonds. The highest BCUT2D eigenvalue weighted by Gasteiger charge is 2.25. The van der Waals surface area contributed by atoms with Crippen LogP contribution in [-0.4, -0.2) is 46.4 Å². The highest BCUT2D eigenvalue weighted by atomic mass is 16.6. The summed E-state index contributed by atoms with van der Waals surface area (Å²) in [5.74, 6) is 0.546. The first-order chi connectivity index (χ1) is 12.8. The number of likely N-dealkylation sites (N-methyl/N-ethyl adjacent to an activating group) is 1. The number of rotatable bonds is 6. The van der Waals surface area contributed by atoms with Crippen molar-refractivity contribution in [3.8, 4) is 6.07 Å². The molecule has 27 heavy (non-hydrogen) atoms. The molecule has 7 heteroatoms. The van der Waals surface area contributed by atoms with Crippen molar-refractivity contribution in [1.82, 2.24) is 15.1 Å². The maximum atomic E-state index is 12.5. The van der Waals surface area contributed by atoms with Crippen LogP contribution in [0.5, 0.6) is 0 Å². The van der Waals surface area contributed by atoms with E-state index in [4.69, 9.17) is 10.00 Å². The Labute approximate surface area is 160 Å². The molecule has 1 atom stereocenters. The Morgan fingerprint density at radius 3 is 2.48 bits per heavy atom. The van der Waals surface area contributed by atoms with Crippen molar-refractivity contribution >= 4 is 11.9 Å². The van der Waals surface area contributed by atoms with Gasteiger partial charge in [0, 0.05) is 13.6 Å². The number of hydrogen-bond donors (Lipinski definition) is 1. The first kappa shape index (κ1) is 20.2. The van der Waals surface area contributed by atoms with Crippen LogP contribution < -0.4 is 5.32 Å². The molecule has 7 nitrogen and oxygen atoms in total. The van der Waals surface area contributed by atoms with Crippen molar-refractivity contribution in [2.45, 2.75) is 38.8 Å². The lowest BCUT2D eigenvalue weighted by atomic mass is 10.1. The first-order valence-corrected chi connectivity index (χ1v) is 8.76. The van der Waals surface area contributed by atoms with Crippen LogP contribution in [0.3, 0.4) is 0 Å². The fourth-order valence-electron chi connectivity index (χ4n) is 2.42. The van der Waals surface area contributed by atoms with E-state index in [1.54, 1.807) is 24.1 Å². The van der Waals surface area contributed by atoms with Gasteiger partial charge < -0.3 is 15.0 Å². The summed E-state index contributed by atoms with van der Waals surface area (Å²) in [6.07, 6.45) is 0.281. The SMILES string of the molecule is CN(C(=O)OC(C)(C)C)[C@H](CNc1ccc(C#N)nn1)Cc1ccccc1. The van der Waals surface area contributed by atoms with Gasteiger partial charge in [0.2, 0.25) is 0 Å². The van der Waals surface area contributed by atoms with E-state index in [2.05, 4.69) is 15.5 Å². The van der Waals surface area contributed by atoms with E-state index in [9.17, 15) is 4.79 Å². The van der Waals surface area contributed by atoms with Gasteiger partial charge in [-0.3, -0.25) is 0 Å². The van der Waals surface area contributed by atoms with Gasteiger partial charge in [-0.2, -0.15) is 5.26 Å². The van der Waals surface area contributed by atoms with E-state index < -0.39 is 5.60 Å². The van der Waals surface area contributed by atoms with Gasteiger partial charge in [-0.15, -0.1) is 10.2 Å². The summed E-state index contributed by atoms with van der Waals surface area (Å²) in [5, 5.41) is 19.8. The summed E-state index contributed by atoms with van der Waals surface area (Å²) in [6, 6.07) is 15.0. The summed E-state index contributed by atoms with van der Waals surface area (Å²) < 4.78 is 5.50. The molecule has 0 saturated carbocycles. The second-order valence-electron chi connectivity index (χ2n) is 7.23. The molecule has 0 bridgehead atoms. The lowest BCUT2D eigenvalue weighted by molar-refractivity contribution is 0.0231. The zero-order chi connectivity index (χ0) is 19.9. The van der Waals surface area contributed by atoms with Crippen LogP contribution in [0.25, 0.3) is 0 Å². The molecule has 1 aromatic carbocycles. The molecule has 1 heterocycles. The number of ether oxygens (including phenoxy) is 1. The lowest BCUT2D eigenvalue weighted by Crippen LogP contribution is -2.45. The topological polar surface area (TPSA) is 91.1 Å².